The van der Waals surface area contributed by atoms with Gasteiger partial charge in [-0.15, -0.1) is 0 Å². The van der Waals surface area contributed by atoms with Gasteiger partial charge in [-0.2, -0.15) is 0 Å². The molecule has 0 rings (SSSR count). The van der Waals surface area contributed by atoms with Crippen LogP contribution in [0.25, 0.3) is 0 Å². The third kappa shape index (κ3) is 5.97. The molecule has 0 aliphatic heterocycles. The summed E-state index contributed by atoms with van der Waals surface area (Å²) in [5.74, 6) is -1.20. The van der Waals surface area contributed by atoms with Gasteiger partial charge < -0.3 is 9.84 Å². The van der Waals surface area contributed by atoms with Gasteiger partial charge in [0, 0.05) is 6.61 Å². The first-order chi connectivity index (χ1) is 6.59. The van der Waals surface area contributed by atoms with Crippen LogP contribution in [0.4, 0.5) is 0 Å². The molecule has 0 saturated heterocycles. The molecular weight excluding hydrogens is 180 g/mol. The Morgan fingerprint density at radius 1 is 1.29 bits per heavy atom. The molecule has 0 bridgehead atoms. The monoisotopic (exact) mass is 202 g/mol. The summed E-state index contributed by atoms with van der Waals surface area (Å²) in [6, 6.07) is 0. The second kappa shape index (κ2) is 7.80. The van der Waals surface area contributed by atoms with E-state index in [0.717, 1.165) is 6.42 Å². The standard InChI is InChI=1S/C11H22O3/c1-4-5-6-7-8-14-10(3)9(2)11(12)13/h9-10H,4-8H2,1-3H3,(H,12,13). The fourth-order valence-electron chi connectivity index (χ4n) is 1.14. The lowest BCUT2D eigenvalue weighted by atomic mass is 10.1. The second-order valence-electron chi connectivity index (χ2n) is 3.76. The van der Waals surface area contributed by atoms with Gasteiger partial charge in [0.15, 0.2) is 0 Å². The van der Waals surface area contributed by atoms with Gasteiger partial charge in [-0.25, -0.2) is 0 Å². The lowest BCUT2D eigenvalue weighted by Gasteiger charge is -2.16. The van der Waals surface area contributed by atoms with Gasteiger partial charge in [0.1, 0.15) is 0 Å². The molecule has 14 heavy (non-hydrogen) atoms. The van der Waals surface area contributed by atoms with Gasteiger partial charge in [-0.1, -0.05) is 26.2 Å². The number of carbonyl (C=O) groups is 1. The van der Waals surface area contributed by atoms with Crippen molar-refractivity contribution in [2.45, 2.75) is 52.6 Å². The van der Waals surface area contributed by atoms with E-state index in [0.29, 0.717) is 6.61 Å². The molecular formula is C11H22O3. The highest BCUT2D eigenvalue weighted by Gasteiger charge is 2.19. The first-order valence-electron chi connectivity index (χ1n) is 5.44. The van der Waals surface area contributed by atoms with Crippen molar-refractivity contribution in [2.75, 3.05) is 6.61 Å². The van der Waals surface area contributed by atoms with Gasteiger partial charge in [-0.05, 0) is 20.3 Å². The summed E-state index contributed by atoms with van der Waals surface area (Å²) >= 11 is 0. The molecule has 0 saturated carbocycles. The van der Waals surface area contributed by atoms with Crippen molar-refractivity contribution in [3.63, 3.8) is 0 Å². The SMILES string of the molecule is CCCCCCOC(C)C(C)C(=O)O. The summed E-state index contributed by atoms with van der Waals surface area (Å²) in [5.41, 5.74) is 0. The zero-order valence-electron chi connectivity index (χ0n) is 9.45. The van der Waals surface area contributed by atoms with Crippen molar-refractivity contribution in [1.82, 2.24) is 0 Å². The molecule has 2 atom stereocenters. The topological polar surface area (TPSA) is 46.5 Å². The largest absolute Gasteiger partial charge is 0.481 e. The summed E-state index contributed by atoms with van der Waals surface area (Å²) in [6.07, 6.45) is 4.46. The number of hydrogen-bond donors (Lipinski definition) is 1. The van der Waals surface area contributed by atoms with E-state index in [4.69, 9.17) is 9.84 Å². The van der Waals surface area contributed by atoms with E-state index in [-0.39, 0.29) is 6.10 Å². The number of carboxylic acid groups (broad SMARTS) is 1. The van der Waals surface area contributed by atoms with E-state index in [9.17, 15) is 4.79 Å². The van der Waals surface area contributed by atoms with E-state index in [1.54, 1.807) is 6.92 Å². The average Bonchev–Trinajstić information content (AvgIpc) is 2.16. The predicted octanol–water partition coefficient (Wildman–Crippen LogP) is 2.69. The van der Waals surface area contributed by atoms with E-state index in [1.165, 1.54) is 19.3 Å². The molecule has 0 aliphatic carbocycles. The molecule has 0 heterocycles. The molecule has 2 unspecified atom stereocenters. The average molecular weight is 202 g/mol. The maximum absolute atomic E-state index is 10.6. The van der Waals surface area contributed by atoms with E-state index >= 15 is 0 Å². The van der Waals surface area contributed by atoms with Crippen LogP contribution in [0.15, 0.2) is 0 Å². The normalized spacial score (nSPS) is 15.1. The molecule has 3 heteroatoms. The van der Waals surface area contributed by atoms with E-state index in [1.807, 2.05) is 6.92 Å². The molecule has 0 spiro atoms. The molecule has 84 valence electrons. The first-order valence-corrected chi connectivity index (χ1v) is 5.44. The molecule has 0 amide bonds. The van der Waals surface area contributed by atoms with E-state index in [2.05, 4.69) is 6.92 Å². The van der Waals surface area contributed by atoms with Crippen LogP contribution in [-0.4, -0.2) is 23.8 Å². The minimum atomic E-state index is -0.786. The highest BCUT2D eigenvalue weighted by Crippen LogP contribution is 2.08. The highest BCUT2D eigenvalue weighted by molar-refractivity contribution is 5.70. The Kier molecular flexibility index (Phi) is 7.48. The van der Waals surface area contributed by atoms with Gasteiger partial charge in [0.2, 0.25) is 0 Å². The quantitative estimate of drug-likeness (QED) is 0.615. The fourth-order valence-corrected chi connectivity index (χ4v) is 1.14. The van der Waals surface area contributed by atoms with Crippen molar-refractivity contribution in [1.29, 1.82) is 0 Å². The summed E-state index contributed by atoms with van der Waals surface area (Å²) in [4.78, 5) is 10.6. The van der Waals surface area contributed by atoms with Gasteiger partial charge in [0.25, 0.3) is 0 Å². The maximum Gasteiger partial charge on any atom is 0.308 e. The number of rotatable bonds is 8. The first kappa shape index (κ1) is 13.4. The summed E-state index contributed by atoms with van der Waals surface area (Å²) in [7, 11) is 0. The predicted molar refractivity (Wildman–Crippen MR) is 56.4 cm³/mol. The van der Waals surface area contributed by atoms with Crippen molar-refractivity contribution in [2.24, 2.45) is 5.92 Å². The van der Waals surface area contributed by atoms with Crippen molar-refractivity contribution in [3.8, 4) is 0 Å². The zero-order chi connectivity index (χ0) is 11.0. The van der Waals surface area contributed by atoms with Crippen molar-refractivity contribution in [3.05, 3.63) is 0 Å². The third-order valence-corrected chi connectivity index (χ3v) is 2.47. The van der Waals surface area contributed by atoms with Crippen molar-refractivity contribution < 1.29 is 14.6 Å². The Hall–Kier alpha value is -0.570. The summed E-state index contributed by atoms with van der Waals surface area (Å²) < 4.78 is 5.43. The van der Waals surface area contributed by atoms with Gasteiger partial charge in [0.05, 0.1) is 12.0 Å². The van der Waals surface area contributed by atoms with Crippen LogP contribution in [0.5, 0.6) is 0 Å². The lowest BCUT2D eigenvalue weighted by molar-refractivity contribution is -0.146. The lowest BCUT2D eigenvalue weighted by Crippen LogP contribution is -2.25. The molecule has 0 fully saturated rings. The van der Waals surface area contributed by atoms with Crippen LogP contribution in [0.3, 0.4) is 0 Å². The van der Waals surface area contributed by atoms with Crippen LogP contribution in [-0.2, 0) is 9.53 Å². The summed E-state index contributed by atoms with van der Waals surface area (Å²) in [6.45, 7) is 6.34. The molecule has 0 aromatic carbocycles. The highest BCUT2D eigenvalue weighted by atomic mass is 16.5. The number of hydrogen-bond acceptors (Lipinski definition) is 2. The smallest absolute Gasteiger partial charge is 0.308 e. The zero-order valence-corrected chi connectivity index (χ0v) is 9.45. The summed E-state index contributed by atoms with van der Waals surface area (Å²) in [5, 5.41) is 8.71. The number of aliphatic carboxylic acids is 1. The Balaban J connectivity index is 3.43. The number of unbranched alkanes of at least 4 members (excludes halogenated alkanes) is 3. The molecule has 0 aromatic rings. The van der Waals surface area contributed by atoms with E-state index < -0.39 is 11.9 Å². The maximum atomic E-state index is 10.6. The van der Waals surface area contributed by atoms with Gasteiger partial charge in [-0.3, -0.25) is 4.79 Å². The van der Waals surface area contributed by atoms with Crippen LogP contribution in [0.1, 0.15) is 46.5 Å². The minimum Gasteiger partial charge on any atom is -0.481 e. The molecule has 3 nitrogen and oxygen atoms in total. The molecule has 0 aliphatic rings. The Labute approximate surface area is 86.5 Å². The van der Waals surface area contributed by atoms with Crippen LogP contribution in [0.2, 0.25) is 0 Å². The van der Waals surface area contributed by atoms with Crippen LogP contribution >= 0.6 is 0 Å². The van der Waals surface area contributed by atoms with Crippen molar-refractivity contribution >= 4 is 5.97 Å². The Morgan fingerprint density at radius 2 is 1.93 bits per heavy atom. The fraction of sp³-hybridized carbons (Fsp3) is 0.909. The minimum absolute atomic E-state index is 0.186. The molecule has 1 N–H and O–H groups in total. The number of ether oxygens (including phenoxy) is 1. The Bertz CT molecular complexity index is 157. The number of carboxylic acids is 1. The van der Waals surface area contributed by atoms with Gasteiger partial charge >= 0.3 is 5.97 Å². The molecule has 0 radical (unpaired) electrons. The van der Waals surface area contributed by atoms with Crippen LogP contribution < -0.4 is 0 Å². The molecule has 0 aromatic heterocycles. The third-order valence-electron chi connectivity index (χ3n) is 2.47. The Morgan fingerprint density at radius 3 is 2.43 bits per heavy atom. The van der Waals surface area contributed by atoms with Crippen LogP contribution in [0, 0.1) is 5.92 Å². The second-order valence-corrected chi connectivity index (χ2v) is 3.76.